The van der Waals surface area contributed by atoms with Crippen molar-refractivity contribution in [2.75, 3.05) is 35.6 Å². The van der Waals surface area contributed by atoms with Crippen molar-refractivity contribution < 1.29 is 5.11 Å². The number of rotatable bonds is 8. The number of thiophene rings is 1. The summed E-state index contributed by atoms with van der Waals surface area (Å²) in [5.74, 6) is 0.916. The summed E-state index contributed by atoms with van der Waals surface area (Å²) in [6.45, 7) is 4.07. The van der Waals surface area contributed by atoms with E-state index >= 15 is 0 Å². The minimum Gasteiger partial charge on any atom is -0.397 e. The molecule has 2 heterocycles. The Labute approximate surface area is 161 Å². The molecule has 0 radical (unpaired) electrons. The van der Waals surface area contributed by atoms with E-state index in [1.54, 1.807) is 24.5 Å². The molecule has 0 bridgehead atoms. The van der Waals surface area contributed by atoms with E-state index < -0.39 is 10.9 Å². The third kappa shape index (κ3) is 5.63. The summed E-state index contributed by atoms with van der Waals surface area (Å²) in [5, 5.41) is 12.6. The number of nitrogens with one attached hydrogen (secondary N) is 1. The molecule has 0 amide bonds. The van der Waals surface area contributed by atoms with Crippen LogP contribution in [0.2, 0.25) is 0 Å². The van der Waals surface area contributed by atoms with Gasteiger partial charge in [0.05, 0.1) is 6.54 Å². The fourth-order valence-corrected chi connectivity index (χ4v) is 3.19. The maximum Gasteiger partial charge on any atom is 0.253 e. The molecule has 7 nitrogen and oxygen atoms in total. The van der Waals surface area contributed by atoms with Crippen molar-refractivity contribution in [3.8, 4) is 0 Å². The summed E-state index contributed by atoms with van der Waals surface area (Å²) in [6.07, 6.45) is 2.57. The minimum atomic E-state index is -0.592. The fourth-order valence-electron chi connectivity index (χ4n) is 2.47. The molecule has 0 fully saturated rings. The highest BCUT2D eigenvalue weighted by molar-refractivity contribution is 7.09. The monoisotopic (exact) mass is 388 g/mol. The van der Waals surface area contributed by atoms with Crippen LogP contribution in [0, 0.1) is 0 Å². The zero-order valence-electron chi connectivity index (χ0n) is 15.2. The van der Waals surface area contributed by atoms with Crippen LogP contribution in [-0.4, -0.2) is 29.8 Å². The number of hydrogen-bond acceptors (Lipinski definition) is 8. The van der Waals surface area contributed by atoms with Gasteiger partial charge in [0.15, 0.2) is 0 Å². The molecule has 0 aliphatic rings. The highest BCUT2D eigenvalue weighted by Gasteiger charge is 2.17. The molecule has 0 saturated carbocycles. The van der Waals surface area contributed by atoms with Crippen LogP contribution < -0.4 is 26.8 Å². The Bertz CT molecular complexity index is 874. The van der Waals surface area contributed by atoms with Gasteiger partial charge in [-0.1, -0.05) is 12.1 Å². The van der Waals surface area contributed by atoms with Gasteiger partial charge in [-0.2, -0.15) is 0 Å². The van der Waals surface area contributed by atoms with Crippen molar-refractivity contribution in [3.05, 3.63) is 67.2 Å². The molecular formula is C19H24N4O3S. The van der Waals surface area contributed by atoms with Gasteiger partial charge in [-0.3, -0.25) is 9.59 Å². The molecule has 0 saturated heterocycles. The topological polar surface area (TPSA) is 109 Å². The molecule has 0 aliphatic carbocycles. The number of nitrogens with two attached hydrogens (primary N) is 1. The molecule has 0 spiro atoms. The van der Waals surface area contributed by atoms with Gasteiger partial charge < -0.3 is 21.1 Å². The molecule has 144 valence electrons. The number of aromatic nitrogens is 1. The Balaban J connectivity index is 0.000000817. The van der Waals surface area contributed by atoms with Gasteiger partial charge in [0.25, 0.3) is 10.9 Å². The number of nitrogen functional groups attached to an aromatic ring is 1. The third-order valence-electron chi connectivity index (χ3n) is 3.75. The van der Waals surface area contributed by atoms with E-state index in [2.05, 4.69) is 26.6 Å². The van der Waals surface area contributed by atoms with E-state index in [0.717, 1.165) is 25.3 Å². The predicted molar refractivity (Wildman–Crippen MR) is 111 cm³/mol. The van der Waals surface area contributed by atoms with Crippen molar-refractivity contribution in [2.24, 2.45) is 0 Å². The van der Waals surface area contributed by atoms with Crippen molar-refractivity contribution in [1.82, 2.24) is 4.98 Å². The first-order chi connectivity index (χ1) is 13.1. The number of nitrogens with zero attached hydrogens (tertiary/aromatic N) is 2. The van der Waals surface area contributed by atoms with E-state index in [9.17, 15) is 9.59 Å². The minimum absolute atomic E-state index is 0.0418. The summed E-state index contributed by atoms with van der Waals surface area (Å²) >= 11 is 1.71. The van der Waals surface area contributed by atoms with Gasteiger partial charge in [0.1, 0.15) is 17.2 Å². The van der Waals surface area contributed by atoms with Gasteiger partial charge in [-0.05, 0) is 36.9 Å². The molecule has 1 aromatic carbocycles. The summed E-state index contributed by atoms with van der Waals surface area (Å²) in [6, 6.07) is 9.97. The Hall–Kier alpha value is -2.71. The van der Waals surface area contributed by atoms with Gasteiger partial charge in [0.2, 0.25) is 0 Å². The lowest BCUT2D eigenvalue weighted by Gasteiger charge is -2.23. The molecule has 0 aliphatic heterocycles. The van der Waals surface area contributed by atoms with Crippen LogP contribution in [0.25, 0.3) is 0 Å². The van der Waals surface area contributed by atoms with Crippen molar-refractivity contribution in [2.45, 2.75) is 19.9 Å². The molecule has 0 unspecified atom stereocenters. The smallest absolute Gasteiger partial charge is 0.253 e. The maximum absolute atomic E-state index is 11.4. The summed E-state index contributed by atoms with van der Waals surface area (Å²) in [4.78, 5) is 30.3. The van der Waals surface area contributed by atoms with E-state index in [4.69, 9.17) is 10.8 Å². The molecule has 3 rings (SSSR count). The van der Waals surface area contributed by atoms with Crippen LogP contribution >= 0.6 is 11.3 Å². The van der Waals surface area contributed by atoms with E-state index in [-0.39, 0.29) is 18.0 Å². The second-order valence-corrected chi connectivity index (χ2v) is 6.76. The summed E-state index contributed by atoms with van der Waals surface area (Å²) in [5.41, 5.74) is 4.69. The Morgan fingerprint density at radius 2 is 2.00 bits per heavy atom. The van der Waals surface area contributed by atoms with Crippen LogP contribution in [0.4, 0.5) is 17.2 Å². The largest absolute Gasteiger partial charge is 0.397 e. The first-order valence-electron chi connectivity index (χ1n) is 8.70. The number of anilines is 3. The van der Waals surface area contributed by atoms with Crippen LogP contribution in [0.1, 0.15) is 18.2 Å². The number of hydrogen-bond donors (Lipinski definition) is 3. The van der Waals surface area contributed by atoms with Crippen LogP contribution in [0.5, 0.6) is 0 Å². The van der Waals surface area contributed by atoms with E-state index in [1.807, 2.05) is 24.3 Å². The first kappa shape index (κ1) is 20.6. The zero-order chi connectivity index (χ0) is 19.6. The van der Waals surface area contributed by atoms with Crippen molar-refractivity contribution in [1.29, 1.82) is 0 Å². The molecule has 0 atom stereocenters. The maximum atomic E-state index is 11.4. The molecule has 3 aromatic rings. The standard InChI is InChI=1S/C17H18N4O2S.C2H6O/c18-14-15(17(23)16(14)22)20-8-4-9-21(11-12-5-3-10-24-12)13-6-1-2-7-19-13;1-2-3/h1-3,5-7,10,20H,4,8-9,11,18H2;3H,2H2,1H3. The lowest BCUT2D eigenvalue weighted by Crippen LogP contribution is -2.37. The SMILES string of the molecule is CCO.Nc1c(NCCCN(Cc2cccs2)c2ccccn2)c(=O)c1=O. The van der Waals surface area contributed by atoms with Crippen LogP contribution in [-0.2, 0) is 6.54 Å². The second kappa shape index (κ2) is 10.4. The average molecular weight is 388 g/mol. The van der Waals surface area contributed by atoms with Crippen molar-refractivity contribution >= 4 is 28.5 Å². The quantitative estimate of drug-likeness (QED) is 0.399. The number of pyridine rings is 1. The Morgan fingerprint density at radius 3 is 2.59 bits per heavy atom. The number of aliphatic hydroxyl groups is 1. The van der Waals surface area contributed by atoms with Crippen LogP contribution in [0.15, 0.2) is 51.5 Å². The third-order valence-corrected chi connectivity index (χ3v) is 4.62. The zero-order valence-corrected chi connectivity index (χ0v) is 16.0. The Kier molecular flexibility index (Phi) is 7.97. The molecular weight excluding hydrogens is 364 g/mol. The normalized spacial score (nSPS) is 10.3. The van der Waals surface area contributed by atoms with Gasteiger partial charge >= 0.3 is 0 Å². The summed E-state index contributed by atoms with van der Waals surface area (Å²) < 4.78 is 0. The van der Waals surface area contributed by atoms with E-state index in [0.29, 0.717) is 6.54 Å². The van der Waals surface area contributed by atoms with Gasteiger partial charge in [-0.25, -0.2) is 4.98 Å². The van der Waals surface area contributed by atoms with Crippen LogP contribution in [0.3, 0.4) is 0 Å². The van der Waals surface area contributed by atoms with Crippen molar-refractivity contribution in [3.63, 3.8) is 0 Å². The second-order valence-electron chi connectivity index (χ2n) is 5.73. The van der Waals surface area contributed by atoms with Gasteiger partial charge in [-0.15, -0.1) is 11.3 Å². The van der Waals surface area contributed by atoms with Gasteiger partial charge in [0, 0.05) is 30.8 Å². The Morgan fingerprint density at radius 1 is 1.22 bits per heavy atom. The highest BCUT2D eigenvalue weighted by Crippen LogP contribution is 2.18. The lowest BCUT2D eigenvalue weighted by molar-refractivity contribution is 0.318. The fraction of sp³-hybridized carbons (Fsp3) is 0.316. The molecule has 2 aromatic heterocycles. The average Bonchev–Trinajstić information content (AvgIpc) is 3.20. The molecule has 4 N–H and O–H groups in total. The number of aliphatic hydroxyl groups excluding tert-OH is 1. The first-order valence-corrected chi connectivity index (χ1v) is 9.58. The lowest BCUT2D eigenvalue weighted by atomic mass is 10.2. The highest BCUT2D eigenvalue weighted by atomic mass is 32.1. The van der Waals surface area contributed by atoms with E-state index in [1.165, 1.54) is 4.88 Å². The molecule has 8 heteroatoms. The predicted octanol–water partition coefficient (Wildman–Crippen LogP) is 1.83. The summed E-state index contributed by atoms with van der Waals surface area (Å²) in [7, 11) is 0. The molecule has 27 heavy (non-hydrogen) atoms.